The zero-order chi connectivity index (χ0) is 20.7. The number of hydrogen-bond donors (Lipinski definition) is 1. The van der Waals surface area contributed by atoms with Crippen LogP contribution in [0.1, 0.15) is 48.0 Å². The zero-order valence-corrected chi connectivity index (χ0v) is 17.6. The second-order valence-electron chi connectivity index (χ2n) is 7.49. The van der Waals surface area contributed by atoms with Crippen LogP contribution < -0.4 is 10.4 Å². The minimum atomic E-state index is -0.986. The van der Waals surface area contributed by atoms with Gasteiger partial charge in [0, 0.05) is 17.1 Å². The maximum absolute atomic E-state index is 10.3. The summed E-state index contributed by atoms with van der Waals surface area (Å²) in [6, 6.07) is 7.91. The van der Waals surface area contributed by atoms with Gasteiger partial charge < -0.3 is 14.7 Å². The molecule has 0 aliphatic rings. The van der Waals surface area contributed by atoms with Gasteiger partial charge in [0.05, 0.1) is 11.2 Å². The number of anilines is 1. The first-order valence-corrected chi connectivity index (χ1v) is 9.34. The second kappa shape index (κ2) is 9.77. The molecule has 1 aromatic carbocycles. The van der Waals surface area contributed by atoms with Gasteiger partial charge in [-0.1, -0.05) is 50.4 Å². The monoisotopic (exact) mass is 366 g/mol. The quantitative estimate of drug-likeness (QED) is 0.474. The topological polar surface area (TPSA) is 32.7 Å². The van der Waals surface area contributed by atoms with E-state index in [0.717, 1.165) is 29.0 Å². The van der Waals surface area contributed by atoms with Crippen molar-refractivity contribution in [3.63, 3.8) is 0 Å². The van der Waals surface area contributed by atoms with Crippen LogP contribution in [0, 0.1) is 0 Å². The van der Waals surface area contributed by atoms with Crippen LogP contribution in [0.4, 0.5) is 5.69 Å². The van der Waals surface area contributed by atoms with E-state index in [4.69, 9.17) is 4.65 Å². The van der Waals surface area contributed by atoms with E-state index >= 15 is 0 Å². The van der Waals surface area contributed by atoms with Gasteiger partial charge in [-0.2, -0.15) is 0 Å². The molecular formula is C23H33BNO2. The Bertz CT molecular complexity index is 711. The van der Waals surface area contributed by atoms with Crippen LogP contribution in [0.3, 0.4) is 0 Å². The molecule has 0 aromatic heterocycles. The molecule has 0 bridgehead atoms. The SMILES string of the molecule is C=C(/C=C\C)N(C(=C)/C=C\CC)c1ccccc1[B]OC(C)(C)C(C)(C)O. The molecular weight excluding hydrogens is 333 g/mol. The third-order valence-electron chi connectivity index (χ3n) is 4.61. The third-order valence-corrected chi connectivity index (χ3v) is 4.61. The highest BCUT2D eigenvalue weighted by molar-refractivity contribution is 6.49. The molecule has 0 aliphatic heterocycles. The van der Waals surface area contributed by atoms with Crippen molar-refractivity contribution in [2.45, 2.75) is 59.2 Å². The molecule has 145 valence electrons. The van der Waals surface area contributed by atoms with Crippen LogP contribution in [0.15, 0.2) is 73.1 Å². The van der Waals surface area contributed by atoms with Crippen LogP contribution in [-0.4, -0.2) is 23.8 Å². The number of benzene rings is 1. The number of allylic oxidation sites excluding steroid dienone is 4. The average Bonchev–Trinajstić information content (AvgIpc) is 2.58. The molecule has 0 fully saturated rings. The van der Waals surface area contributed by atoms with E-state index in [2.05, 4.69) is 26.2 Å². The summed E-state index contributed by atoms with van der Waals surface area (Å²) in [5.74, 6) is 0. The lowest BCUT2D eigenvalue weighted by molar-refractivity contribution is -0.0893. The number of hydrogen-bond acceptors (Lipinski definition) is 3. The van der Waals surface area contributed by atoms with Gasteiger partial charge in [-0.05, 0) is 64.7 Å². The van der Waals surface area contributed by atoms with E-state index < -0.39 is 11.2 Å². The molecule has 1 aromatic rings. The molecule has 0 heterocycles. The highest BCUT2D eigenvalue weighted by Gasteiger charge is 2.36. The lowest BCUT2D eigenvalue weighted by Crippen LogP contribution is -2.49. The van der Waals surface area contributed by atoms with Crippen molar-refractivity contribution in [2.75, 3.05) is 4.90 Å². The Morgan fingerprint density at radius 2 is 1.74 bits per heavy atom. The molecule has 0 saturated heterocycles. The maximum Gasteiger partial charge on any atom is 0.333 e. The maximum atomic E-state index is 10.3. The molecule has 4 heteroatoms. The zero-order valence-electron chi connectivity index (χ0n) is 17.6. The smallest absolute Gasteiger partial charge is 0.333 e. The van der Waals surface area contributed by atoms with Crippen molar-refractivity contribution in [2.24, 2.45) is 0 Å². The number of rotatable bonds is 10. The van der Waals surface area contributed by atoms with Gasteiger partial charge in [-0.25, -0.2) is 0 Å². The molecule has 0 spiro atoms. The number of para-hydroxylation sites is 1. The van der Waals surface area contributed by atoms with Crippen LogP contribution in [0.2, 0.25) is 0 Å². The summed E-state index contributed by atoms with van der Waals surface area (Å²) in [5, 5.41) is 10.3. The predicted octanol–water partition coefficient (Wildman–Crippen LogP) is 4.87. The fourth-order valence-corrected chi connectivity index (χ4v) is 2.24. The fraction of sp³-hybridized carbons (Fsp3) is 0.391. The molecule has 3 nitrogen and oxygen atoms in total. The number of aliphatic hydroxyl groups is 1. The van der Waals surface area contributed by atoms with Crippen LogP contribution in [-0.2, 0) is 4.65 Å². The van der Waals surface area contributed by atoms with Gasteiger partial charge in [0.25, 0.3) is 0 Å². The van der Waals surface area contributed by atoms with E-state index in [0.29, 0.717) is 0 Å². The average molecular weight is 366 g/mol. The molecule has 0 amide bonds. The Hall–Kier alpha value is -2.04. The van der Waals surface area contributed by atoms with Crippen molar-refractivity contribution in [3.8, 4) is 0 Å². The van der Waals surface area contributed by atoms with Crippen LogP contribution in [0.25, 0.3) is 0 Å². The van der Waals surface area contributed by atoms with Gasteiger partial charge in [0.15, 0.2) is 0 Å². The van der Waals surface area contributed by atoms with Gasteiger partial charge >= 0.3 is 7.48 Å². The largest absolute Gasteiger partial charge is 0.427 e. The lowest BCUT2D eigenvalue weighted by atomic mass is 9.81. The summed E-state index contributed by atoms with van der Waals surface area (Å²) in [6.45, 7) is 19.7. The van der Waals surface area contributed by atoms with Crippen molar-refractivity contribution in [3.05, 3.63) is 73.1 Å². The first kappa shape index (κ1) is 23.0. The Morgan fingerprint density at radius 1 is 1.15 bits per heavy atom. The van der Waals surface area contributed by atoms with E-state index in [1.54, 1.807) is 21.3 Å². The van der Waals surface area contributed by atoms with Gasteiger partial charge in [0.1, 0.15) is 0 Å². The highest BCUT2D eigenvalue weighted by Crippen LogP contribution is 2.26. The Kier molecular flexibility index (Phi) is 8.33. The molecule has 1 N–H and O–H groups in total. The molecule has 27 heavy (non-hydrogen) atoms. The standard InChI is InChI=1S/C23H33BNO2/c1-9-11-15-19(4)25(18(3)14-10-2)21-17-13-12-16-20(21)24-27-23(7,8)22(5,6)26/h10-17,26H,3-4,9H2,1-2,5-8H3/b14-10-,15-11-. The molecule has 0 unspecified atom stereocenters. The van der Waals surface area contributed by atoms with Crippen molar-refractivity contribution >= 4 is 18.6 Å². The van der Waals surface area contributed by atoms with E-state index in [9.17, 15) is 5.11 Å². The first-order valence-electron chi connectivity index (χ1n) is 9.34. The normalized spacial score (nSPS) is 12.6. The van der Waals surface area contributed by atoms with Crippen molar-refractivity contribution < 1.29 is 9.76 Å². The van der Waals surface area contributed by atoms with Crippen molar-refractivity contribution in [1.29, 1.82) is 0 Å². The second-order valence-corrected chi connectivity index (χ2v) is 7.49. The Morgan fingerprint density at radius 3 is 2.30 bits per heavy atom. The first-order chi connectivity index (χ1) is 12.5. The third kappa shape index (κ3) is 6.26. The highest BCUT2D eigenvalue weighted by atomic mass is 16.5. The minimum absolute atomic E-state index is 0.746. The van der Waals surface area contributed by atoms with Crippen LogP contribution >= 0.6 is 0 Å². The van der Waals surface area contributed by atoms with E-state index in [1.807, 2.05) is 68.2 Å². The van der Waals surface area contributed by atoms with E-state index in [1.165, 1.54) is 0 Å². The van der Waals surface area contributed by atoms with Gasteiger partial charge in [-0.15, -0.1) is 0 Å². The summed E-state index contributed by atoms with van der Waals surface area (Å²) in [6.07, 6.45) is 8.89. The summed E-state index contributed by atoms with van der Waals surface area (Å²) in [5.41, 5.74) is 1.70. The lowest BCUT2D eigenvalue weighted by Gasteiger charge is -2.38. The molecule has 1 radical (unpaired) electrons. The summed E-state index contributed by atoms with van der Waals surface area (Å²) < 4.78 is 5.97. The Labute approximate surface area is 166 Å². The Balaban J connectivity index is 3.27. The summed E-state index contributed by atoms with van der Waals surface area (Å²) >= 11 is 0. The fourth-order valence-electron chi connectivity index (χ4n) is 2.24. The van der Waals surface area contributed by atoms with Gasteiger partial charge in [0.2, 0.25) is 0 Å². The minimum Gasteiger partial charge on any atom is -0.427 e. The summed E-state index contributed by atoms with van der Waals surface area (Å²) in [4.78, 5) is 2.00. The van der Waals surface area contributed by atoms with E-state index in [-0.39, 0.29) is 0 Å². The predicted molar refractivity (Wildman–Crippen MR) is 118 cm³/mol. The summed E-state index contributed by atoms with van der Waals surface area (Å²) in [7, 11) is 1.69. The molecule has 0 atom stereocenters. The van der Waals surface area contributed by atoms with Crippen LogP contribution in [0.5, 0.6) is 0 Å². The number of nitrogens with zero attached hydrogens (tertiary/aromatic N) is 1. The molecule has 0 aliphatic carbocycles. The van der Waals surface area contributed by atoms with Gasteiger partial charge in [-0.3, -0.25) is 0 Å². The van der Waals surface area contributed by atoms with Crippen molar-refractivity contribution in [1.82, 2.24) is 0 Å². The molecule has 0 saturated carbocycles. The molecule has 1 rings (SSSR count).